The molecule has 0 saturated carbocycles. The summed E-state index contributed by atoms with van der Waals surface area (Å²) >= 11 is 0. The number of amides is 1. The number of carbonyl (C=O) groups excluding carboxylic acids is 2. The molecule has 8 nitrogen and oxygen atoms in total. The van der Waals surface area contributed by atoms with Gasteiger partial charge in [0.05, 0.1) is 37.1 Å². The van der Waals surface area contributed by atoms with E-state index in [4.69, 9.17) is 9.47 Å². The molecular formula is C22H28N4O4. The van der Waals surface area contributed by atoms with Crippen LogP contribution in [0.1, 0.15) is 19.8 Å². The molecule has 0 aromatic heterocycles. The minimum atomic E-state index is -0.323. The van der Waals surface area contributed by atoms with Gasteiger partial charge in [-0.15, -0.1) is 0 Å². The van der Waals surface area contributed by atoms with Crippen LogP contribution in [-0.2, 0) is 19.1 Å². The van der Waals surface area contributed by atoms with Gasteiger partial charge in [-0.1, -0.05) is 12.1 Å². The largest absolute Gasteiger partial charge is 0.466 e. The molecule has 3 rings (SSSR count). The van der Waals surface area contributed by atoms with Crippen LogP contribution in [0.5, 0.6) is 0 Å². The first kappa shape index (κ1) is 21.7. The Bertz CT molecular complexity index is 819. The molecule has 0 bridgehead atoms. The van der Waals surface area contributed by atoms with Crippen LogP contribution in [-0.4, -0.2) is 62.8 Å². The molecule has 1 N–H and O–H groups in total. The Hall–Kier alpha value is -3.05. The number of morpholine rings is 1. The maximum atomic E-state index is 12.8. The highest BCUT2D eigenvalue weighted by molar-refractivity contribution is 5.97. The highest BCUT2D eigenvalue weighted by Gasteiger charge is 2.29. The molecule has 2 heterocycles. The first-order valence-corrected chi connectivity index (χ1v) is 10.4. The first-order valence-electron chi connectivity index (χ1n) is 10.4. The maximum Gasteiger partial charge on any atom is 0.309 e. The molecule has 1 aromatic rings. The molecule has 0 spiro atoms. The number of nitriles is 1. The summed E-state index contributed by atoms with van der Waals surface area (Å²) in [5, 5.41) is 12.7. The summed E-state index contributed by atoms with van der Waals surface area (Å²) in [4.78, 5) is 28.5. The Morgan fingerprint density at radius 3 is 2.60 bits per heavy atom. The zero-order valence-corrected chi connectivity index (χ0v) is 17.3. The minimum Gasteiger partial charge on any atom is -0.466 e. The lowest BCUT2D eigenvalue weighted by Crippen LogP contribution is -2.41. The number of piperidine rings is 1. The number of hydrogen-bond acceptors (Lipinski definition) is 7. The number of nitrogens with zero attached hydrogens (tertiary/aromatic N) is 3. The van der Waals surface area contributed by atoms with Gasteiger partial charge < -0.3 is 24.6 Å². The smallest absolute Gasteiger partial charge is 0.309 e. The summed E-state index contributed by atoms with van der Waals surface area (Å²) in [6.45, 7) is 5.95. The predicted molar refractivity (Wildman–Crippen MR) is 113 cm³/mol. The molecular weight excluding hydrogens is 384 g/mol. The van der Waals surface area contributed by atoms with Gasteiger partial charge in [0.15, 0.2) is 0 Å². The van der Waals surface area contributed by atoms with E-state index < -0.39 is 0 Å². The molecule has 1 amide bonds. The number of para-hydroxylation sites is 2. The van der Waals surface area contributed by atoms with E-state index in [2.05, 4.69) is 10.2 Å². The van der Waals surface area contributed by atoms with Crippen LogP contribution in [0.3, 0.4) is 0 Å². The zero-order valence-electron chi connectivity index (χ0n) is 17.3. The summed E-state index contributed by atoms with van der Waals surface area (Å²) in [6, 6.07) is 9.81. The van der Waals surface area contributed by atoms with Crippen molar-refractivity contribution in [3.8, 4) is 6.07 Å². The Morgan fingerprint density at radius 1 is 1.23 bits per heavy atom. The third-order valence-corrected chi connectivity index (χ3v) is 5.38. The number of carbonyl (C=O) groups is 2. The Morgan fingerprint density at radius 2 is 1.93 bits per heavy atom. The third kappa shape index (κ3) is 5.30. The van der Waals surface area contributed by atoms with Crippen LogP contribution in [0.2, 0.25) is 0 Å². The number of hydrogen-bond donors (Lipinski definition) is 1. The van der Waals surface area contributed by atoms with Crippen LogP contribution < -0.4 is 10.2 Å². The van der Waals surface area contributed by atoms with E-state index in [1.165, 1.54) is 6.20 Å². The van der Waals surface area contributed by atoms with Crippen LogP contribution >= 0.6 is 0 Å². The van der Waals surface area contributed by atoms with Crippen molar-refractivity contribution in [1.29, 1.82) is 5.26 Å². The van der Waals surface area contributed by atoms with Crippen LogP contribution in [0.15, 0.2) is 36.0 Å². The molecule has 0 radical (unpaired) electrons. The number of esters is 1. The van der Waals surface area contributed by atoms with E-state index >= 15 is 0 Å². The van der Waals surface area contributed by atoms with Gasteiger partial charge in [-0.3, -0.25) is 9.59 Å². The van der Waals surface area contributed by atoms with Gasteiger partial charge in [0, 0.05) is 32.4 Å². The average Bonchev–Trinajstić information content (AvgIpc) is 2.80. The Balaban J connectivity index is 1.63. The van der Waals surface area contributed by atoms with E-state index in [0.717, 1.165) is 24.5 Å². The second-order valence-corrected chi connectivity index (χ2v) is 7.25. The van der Waals surface area contributed by atoms with Crippen LogP contribution in [0.25, 0.3) is 0 Å². The third-order valence-electron chi connectivity index (χ3n) is 5.38. The van der Waals surface area contributed by atoms with Crippen molar-refractivity contribution >= 4 is 23.3 Å². The number of anilines is 2. The fourth-order valence-electron chi connectivity index (χ4n) is 3.72. The van der Waals surface area contributed by atoms with Crippen molar-refractivity contribution in [3.05, 3.63) is 36.0 Å². The first-order chi connectivity index (χ1) is 14.6. The van der Waals surface area contributed by atoms with Gasteiger partial charge in [-0.05, 0) is 31.9 Å². The molecule has 1 aromatic carbocycles. The molecule has 8 heteroatoms. The molecule has 2 saturated heterocycles. The number of nitrogens with one attached hydrogen (secondary N) is 1. The monoisotopic (exact) mass is 412 g/mol. The van der Waals surface area contributed by atoms with E-state index in [0.29, 0.717) is 45.8 Å². The fraction of sp³-hybridized carbons (Fsp3) is 0.500. The van der Waals surface area contributed by atoms with Crippen molar-refractivity contribution in [2.24, 2.45) is 5.92 Å². The maximum absolute atomic E-state index is 12.8. The standard InChI is InChI=1S/C22H28N4O4/c1-2-30-22(28)17-7-9-26(10-8-17)21(27)18(15-23)16-24-19-5-3-4-6-20(19)25-11-13-29-14-12-25/h3-6,16-17,24H,2,7-14H2,1H3/b18-16-. The lowest BCUT2D eigenvalue weighted by atomic mass is 9.96. The normalized spacial score (nSPS) is 17.9. The molecule has 0 aliphatic carbocycles. The second-order valence-electron chi connectivity index (χ2n) is 7.25. The van der Waals surface area contributed by atoms with E-state index in [-0.39, 0.29) is 23.4 Å². The number of rotatable bonds is 6. The highest BCUT2D eigenvalue weighted by Crippen LogP contribution is 2.27. The summed E-state index contributed by atoms with van der Waals surface area (Å²) < 4.78 is 10.5. The number of likely N-dealkylation sites (tertiary alicyclic amines) is 1. The molecule has 0 unspecified atom stereocenters. The van der Waals surface area contributed by atoms with Gasteiger partial charge in [0.25, 0.3) is 5.91 Å². The van der Waals surface area contributed by atoms with E-state index in [9.17, 15) is 14.9 Å². The predicted octanol–water partition coefficient (Wildman–Crippen LogP) is 2.14. The summed E-state index contributed by atoms with van der Waals surface area (Å²) in [7, 11) is 0. The lowest BCUT2D eigenvalue weighted by molar-refractivity contribution is -0.150. The van der Waals surface area contributed by atoms with Crippen molar-refractivity contribution < 1.29 is 19.1 Å². The SMILES string of the molecule is CCOC(=O)C1CCN(C(=O)/C(C#N)=C\Nc2ccccc2N2CCOCC2)CC1. The van der Waals surface area contributed by atoms with E-state index in [1.54, 1.807) is 11.8 Å². The Kier molecular flexibility index (Phi) is 7.69. The fourth-order valence-corrected chi connectivity index (χ4v) is 3.72. The average molecular weight is 412 g/mol. The van der Waals surface area contributed by atoms with Crippen LogP contribution in [0, 0.1) is 17.2 Å². The second kappa shape index (κ2) is 10.6. The van der Waals surface area contributed by atoms with Gasteiger partial charge in [-0.25, -0.2) is 0 Å². The molecule has 0 atom stereocenters. The molecule has 2 aliphatic heterocycles. The van der Waals surface area contributed by atoms with Crippen molar-refractivity contribution in [2.75, 3.05) is 56.2 Å². The summed E-state index contributed by atoms with van der Waals surface area (Å²) in [6.07, 6.45) is 2.58. The van der Waals surface area contributed by atoms with Crippen molar-refractivity contribution in [3.63, 3.8) is 0 Å². The number of ether oxygens (including phenoxy) is 2. The molecule has 160 valence electrons. The van der Waals surface area contributed by atoms with Gasteiger partial charge in [-0.2, -0.15) is 5.26 Å². The minimum absolute atomic E-state index is 0.0429. The van der Waals surface area contributed by atoms with Crippen molar-refractivity contribution in [2.45, 2.75) is 19.8 Å². The molecule has 2 aliphatic rings. The zero-order chi connectivity index (χ0) is 21.3. The van der Waals surface area contributed by atoms with Crippen molar-refractivity contribution in [1.82, 2.24) is 4.90 Å². The molecule has 2 fully saturated rings. The number of benzene rings is 1. The lowest BCUT2D eigenvalue weighted by Gasteiger charge is -2.31. The quantitative estimate of drug-likeness (QED) is 0.434. The summed E-state index contributed by atoms with van der Waals surface area (Å²) in [5.74, 6) is -0.708. The van der Waals surface area contributed by atoms with E-state index in [1.807, 2.05) is 30.3 Å². The summed E-state index contributed by atoms with van der Waals surface area (Å²) in [5.41, 5.74) is 1.89. The Labute approximate surface area is 177 Å². The van der Waals surface area contributed by atoms with Gasteiger partial charge in [0.2, 0.25) is 0 Å². The van der Waals surface area contributed by atoms with Gasteiger partial charge in [0.1, 0.15) is 11.6 Å². The highest BCUT2D eigenvalue weighted by atomic mass is 16.5. The van der Waals surface area contributed by atoms with Gasteiger partial charge >= 0.3 is 5.97 Å². The topological polar surface area (TPSA) is 94.9 Å². The van der Waals surface area contributed by atoms with Crippen LogP contribution in [0.4, 0.5) is 11.4 Å². The molecule has 30 heavy (non-hydrogen) atoms.